The smallest absolute Gasteiger partial charge is 0.302 e. The quantitative estimate of drug-likeness (QED) is 0.184. The van der Waals surface area contributed by atoms with Crippen molar-refractivity contribution in [3.05, 3.63) is 52.0 Å². The molecule has 3 aliphatic rings. The molecule has 3 aliphatic carbocycles. The van der Waals surface area contributed by atoms with Crippen molar-refractivity contribution in [3.8, 4) is 5.75 Å². The van der Waals surface area contributed by atoms with E-state index in [1.165, 1.54) is 25.1 Å². The van der Waals surface area contributed by atoms with E-state index in [0.717, 1.165) is 19.1 Å². The van der Waals surface area contributed by atoms with Crippen LogP contribution in [-0.4, -0.2) is 92.1 Å². The second kappa shape index (κ2) is 10.3. The lowest BCUT2D eigenvalue weighted by atomic mass is 9.55. The zero-order chi connectivity index (χ0) is 29.0. The van der Waals surface area contributed by atoms with Crippen LogP contribution >= 0.6 is 11.8 Å². The van der Waals surface area contributed by atoms with Crippen LogP contribution in [0.1, 0.15) is 42.1 Å². The van der Waals surface area contributed by atoms with E-state index in [9.17, 15) is 39.6 Å². The minimum Gasteiger partial charge on any atom is -0.510 e. The SMILES string of the molecule is CCCSC[C@H]1c2cccc(O)c2C(=O)C2=C(O)[C@]3(O)C(=O)C(C(N)=O)=C(O)[C@@H](N(C)C)[C@@H]3[C@@H](OC(C)=O)[C@@H]21. The number of phenolic OH excluding ortho intramolecular Hbond substituents is 1. The summed E-state index contributed by atoms with van der Waals surface area (Å²) < 4.78 is 5.75. The number of fused-ring (bicyclic) bond motifs is 3. The highest BCUT2D eigenvalue weighted by atomic mass is 32.2. The second-order valence-electron chi connectivity index (χ2n) is 10.3. The first-order valence-electron chi connectivity index (χ1n) is 12.5. The Labute approximate surface area is 229 Å². The standard InChI is InChI=1S/C27H32N2O9S/c1-5-9-39-10-13-12-7-6-8-14(31)15(12)21(32)17-16(13)23(38-11(2)30)19-20(29(3)4)22(33)18(26(28)36)25(35)27(19,37)24(17)34/h6-8,13,16,19-20,23,31,33-34,37H,5,9-10H2,1-4H3,(H2,28,36)/t13-,16+,19+,20-,23-,27-/m0/s1. The summed E-state index contributed by atoms with van der Waals surface area (Å²) in [5.41, 5.74) is 1.49. The van der Waals surface area contributed by atoms with E-state index in [1.807, 2.05) is 6.92 Å². The number of carbonyl (C=O) groups is 4. The summed E-state index contributed by atoms with van der Waals surface area (Å²) in [7, 11) is 3.01. The van der Waals surface area contributed by atoms with Crippen LogP contribution in [-0.2, 0) is 19.1 Å². The lowest BCUT2D eigenvalue weighted by Gasteiger charge is -2.54. The van der Waals surface area contributed by atoms with E-state index in [2.05, 4.69) is 0 Å². The molecular formula is C27H32N2O9S. The molecule has 11 nitrogen and oxygen atoms in total. The van der Waals surface area contributed by atoms with Crippen molar-refractivity contribution in [1.82, 2.24) is 4.90 Å². The topological polar surface area (TPSA) is 188 Å². The number of aliphatic hydroxyl groups is 3. The van der Waals surface area contributed by atoms with E-state index >= 15 is 0 Å². The maximum atomic E-state index is 13.9. The predicted molar refractivity (Wildman–Crippen MR) is 141 cm³/mol. The molecular weight excluding hydrogens is 528 g/mol. The Balaban J connectivity index is 2.10. The third-order valence-corrected chi connectivity index (χ3v) is 9.01. The van der Waals surface area contributed by atoms with Crippen LogP contribution in [0.25, 0.3) is 0 Å². The summed E-state index contributed by atoms with van der Waals surface area (Å²) in [6, 6.07) is 3.25. The van der Waals surface area contributed by atoms with Crippen molar-refractivity contribution in [1.29, 1.82) is 0 Å². The number of hydrogen-bond donors (Lipinski definition) is 5. The molecule has 1 aromatic carbocycles. The summed E-state index contributed by atoms with van der Waals surface area (Å²) >= 11 is 1.55. The number of aromatic hydroxyl groups is 1. The summed E-state index contributed by atoms with van der Waals surface area (Å²) in [6.45, 7) is 3.12. The number of ether oxygens (including phenoxy) is 1. The second-order valence-corrected chi connectivity index (χ2v) is 11.4. The Morgan fingerprint density at radius 2 is 1.85 bits per heavy atom. The van der Waals surface area contributed by atoms with Crippen LogP contribution < -0.4 is 5.73 Å². The number of benzene rings is 1. The molecule has 12 heteroatoms. The number of nitrogens with zero attached hydrogens (tertiary/aromatic N) is 1. The minimum absolute atomic E-state index is 0.0954. The van der Waals surface area contributed by atoms with Gasteiger partial charge in [0.1, 0.15) is 28.9 Å². The average Bonchev–Trinajstić information content (AvgIpc) is 2.84. The number of thioether (sulfide) groups is 1. The van der Waals surface area contributed by atoms with E-state index in [0.29, 0.717) is 11.3 Å². The van der Waals surface area contributed by atoms with Gasteiger partial charge in [-0.1, -0.05) is 19.1 Å². The number of primary amides is 1. The van der Waals surface area contributed by atoms with Crippen molar-refractivity contribution < 1.29 is 44.3 Å². The first kappa shape index (κ1) is 28.7. The van der Waals surface area contributed by atoms with Gasteiger partial charge in [-0.3, -0.25) is 24.1 Å². The highest BCUT2D eigenvalue weighted by Crippen LogP contribution is 2.57. The van der Waals surface area contributed by atoms with Crippen LogP contribution in [0.2, 0.25) is 0 Å². The Kier molecular flexibility index (Phi) is 7.58. The van der Waals surface area contributed by atoms with Gasteiger partial charge in [0.25, 0.3) is 5.91 Å². The maximum Gasteiger partial charge on any atom is 0.302 e. The van der Waals surface area contributed by atoms with Gasteiger partial charge in [-0.05, 0) is 37.9 Å². The number of nitrogens with two attached hydrogens (primary N) is 1. The number of amides is 1. The van der Waals surface area contributed by atoms with Crippen molar-refractivity contribution in [2.75, 3.05) is 25.6 Å². The van der Waals surface area contributed by atoms with E-state index in [4.69, 9.17) is 10.5 Å². The number of likely N-dealkylation sites (N-methyl/N-ethyl adjacent to an activating group) is 1. The van der Waals surface area contributed by atoms with Gasteiger partial charge in [0.2, 0.25) is 5.78 Å². The fourth-order valence-corrected chi connectivity index (χ4v) is 7.36. The van der Waals surface area contributed by atoms with Gasteiger partial charge in [0, 0.05) is 30.1 Å². The lowest BCUT2D eigenvalue weighted by Crippen LogP contribution is -2.69. The number of aliphatic hydroxyl groups excluding tert-OH is 2. The van der Waals surface area contributed by atoms with Crippen LogP contribution in [0.4, 0.5) is 0 Å². The number of ketones is 2. The van der Waals surface area contributed by atoms with Gasteiger partial charge >= 0.3 is 5.97 Å². The summed E-state index contributed by atoms with van der Waals surface area (Å²) in [5, 5.41) is 45.4. The van der Waals surface area contributed by atoms with Crippen molar-refractivity contribution in [2.24, 2.45) is 17.6 Å². The Hall–Kier alpha value is -3.35. The van der Waals surface area contributed by atoms with Crippen LogP contribution in [0.3, 0.4) is 0 Å². The molecule has 1 aromatic rings. The summed E-state index contributed by atoms with van der Waals surface area (Å²) in [6.07, 6.45) is -0.554. The first-order chi connectivity index (χ1) is 18.3. The molecule has 39 heavy (non-hydrogen) atoms. The third-order valence-electron chi connectivity index (χ3n) is 7.72. The van der Waals surface area contributed by atoms with Gasteiger partial charge in [0.15, 0.2) is 11.4 Å². The molecule has 0 radical (unpaired) electrons. The van der Waals surface area contributed by atoms with Crippen molar-refractivity contribution >= 4 is 35.2 Å². The number of phenols is 1. The molecule has 6 N–H and O–H groups in total. The normalized spacial score (nSPS) is 30.2. The van der Waals surface area contributed by atoms with Gasteiger partial charge in [0.05, 0.1) is 17.5 Å². The zero-order valence-corrected chi connectivity index (χ0v) is 22.8. The van der Waals surface area contributed by atoms with Crippen LogP contribution in [0.5, 0.6) is 5.75 Å². The van der Waals surface area contributed by atoms with E-state index in [1.54, 1.807) is 23.9 Å². The average molecular weight is 561 g/mol. The molecule has 0 fully saturated rings. The molecule has 0 saturated carbocycles. The Morgan fingerprint density at radius 3 is 2.41 bits per heavy atom. The number of hydrogen-bond acceptors (Lipinski definition) is 11. The summed E-state index contributed by atoms with van der Waals surface area (Å²) in [4.78, 5) is 53.6. The zero-order valence-electron chi connectivity index (χ0n) is 22.0. The van der Waals surface area contributed by atoms with Gasteiger partial charge in [-0.2, -0.15) is 11.8 Å². The molecule has 0 unspecified atom stereocenters. The van der Waals surface area contributed by atoms with Gasteiger partial charge in [-0.15, -0.1) is 0 Å². The fraction of sp³-hybridized carbons (Fsp3) is 0.481. The first-order valence-corrected chi connectivity index (χ1v) is 13.7. The fourth-order valence-electron chi connectivity index (χ4n) is 6.26. The minimum atomic E-state index is -2.95. The van der Waals surface area contributed by atoms with Crippen LogP contribution in [0, 0.1) is 11.8 Å². The van der Waals surface area contributed by atoms with Gasteiger partial charge < -0.3 is 30.9 Å². The molecule has 0 saturated heterocycles. The number of carbonyl (C=O) groups excluding carboxylic acids is 4. The lowest BCUT2D eigenvalue weighted by molar-refractivity contribution is -0.179. The van der Waals surface area contributed by atoms with E-state index < -0.39 is 81.6 Å². The van der Waals surface area contributed by atoms with E-state index in [-0.39, 0.29) is 11.3 Å². The Morgan fingerprint density at radius 1 is 1.18 bits per heavy atom. The molecule has 0 bridgehead atoms. The molecule has 0 aliphatic heterocycles. The molecule has 0 aromatic heterocycles. The number of esters is 1. The highest BCUT2D eigenvalue weighted by Gasteiger charge is 2.68. The van der Waals surface area contributed by atoms with Crippen LogP contribution in [0.15, 0.2) is 40.9 Å². The Bertz CT molecular complexity index is 1320. The monoisotopic (exact) mass is 560 g/mol. The van der Waals surface area contributed by atoms with Crippen molar-refractivity contribution in [2.45, 2.75) is 43.9 Å². The molecule has 6 atom stereocenters. The molecule has 1 amide bonds. The number of rotatable bonds is 7. The third kappa shape index (κ3) is 4.21. The predicted octanol–water partition coefficient (Wildman–Crippen LogP) is 1.35. The largest absolute Gasteiger partial charge is 0.510 e. The van der Waals surface area contributed by atoms with Gasteiger partial charge in [-0.25, -0.2) is 0 Å². The molecule has 0 heterocycles. The highest BCUT2D eigenvalue weighted by molar-refractivity contribution is 7.99. The molecule has 210 valence electrons. The molecule has 0 spiro atoms. The molecule has 4 rings (SSSR count). The summed E-state index contributed by atoms with van der Waals surface area (Å²) in [5.74, 6) is -8.53. The number of Topliss-reactive ketones (excluding diaryl/α,β-unsaturated/α-hetero) is 2. The maximum absolute atomic E-state index is 13.9. The van der Waals surface area contributed by atoms with Crippen molar-refractivity contribution in [3.63, 3.8) is 0 Å².